The van der Waals surface area contributed by atoms with E-state index in [1.165, 1.54) is 23.1 Å². The van der Waals surface area contributed by atoms with E-state index in [0.29, 0.717) is 46.2 Å². The first-order chi connectivity index (χ1) is 24.3. The fourth-order valence-electron chi connectivity index (χ4n) is 5.02. The summed E-state index contributed by atoms with van der Waals surface area (Å²) >= 11 is 2.69. The van der Waals surface area contributed by atoms with Gasteiger partial charge in [0.25, 0.3) is 11.8 Å². The van der Waals surface area contributed by atoms with Crippen LogP contribution in [0, 0.1) is 18.3 Å². The number of anilines is 2. The predicted molar refractivity (Wildman–Crippen MR) is 202 cm³/mol. The minimum Gasteiger partial charge on any atom is -0.493 e. The van der Waals surface area contributed by atoms with Gasteiger partial charge in [-0.25, -0.2) is 0 Å². The van der Waals surface area contributed by atoms with Crippen LogP contribution in [0.5, 0.6) is 5.75 Å². The fraction of sp³-hybridized carbons (Fsp3) is 0.150. The summed E-state index contributed by atoms with van der Waals surface area (Å²) in [6.45, 7) is 6.24. The van der Waals surface area contributed by atoms with Gasteiger partial charge >= 0.3 is 0 Å². The Morgan fingerprint density at radius 2 is 1.66 bits per heavy atom. The standard InChI is InChI=1S/C40H36N4O4S2/c1-4-36(39(47)44-40-32(24-41)33(25-49-40)27-20-18-26(3)19-21-27)50-31-16-11-15-30(23-31)42-38(46)34(43-37(45)28-12-7-6-8-13-28)22-29-14-9-10-17-35(29)48-5-2/h6-23,25,36H,4-5H2,1-3H3,(H,42,46)(H,43,45)(H,44,47)/b34-22+. The Kier molecular flexibility index (Phi) is 12.2. The lowest BCUT2D eigenvalue weighted by Crippen LogP contribution is -2.30. The highest BCUT2D eigenvalue weighted by atomic mass is 32.2. The average molecular weight is 701 g/mol. The van der Waals surface area contributed by atoms with Crippen molar-refractivity contribution >= 4 is 57.6 Å². The number of nitrogens with one attached hydrogen (secondary N) is 3. The number of benzene rings is 4. The van der Waals surface area contributed by atoms with Gasteiger partial charge in [0.2, 0.25) is 5.91 Å². The zero-order chi connectivity index (χ0) is 35.5. The summed E-state index contributed by atoms with van der Waals surface area (Å²) in [5.74, 6) is -0.605. The fourth-order valence-corrected chi connectivity index (χ4v) is 6.95. The molecule has 5 aromatic rings. The SMILES string of the molecule is CCOc1ccccc1/C=C(/NC(=O)c1ccccc1)C(=O)Nc1cccc(SC(CC)C(=O)Nc2scc(-c3ccc(C)cc3)c2C#N)c1. The van der Waals surface area contributed by atoms with Crippen LogP contribution < -0.4 is 20.7 Å². The summed E-state index contributed by atoms with van der Waals surface area (Å²) in [6.07, 6.45) is 2.12. The second-order valence-electron chi connectivity index (χ2n) is 11.2. The van der Waals surface area contributed by atoms with Crippen LogP contribution in [0.2, 0.25) is 0 Å². The number of carbonyl (C=O) groups excluding carboxylic acids is 3. The molecule has 8 nitrogen and oxygen atoms in total. The van der Waals surface area contributed by atoms with E-state index in [-0.39, 0.29) is 11.6 Å². The summed E-state index contributed by atoms with van der Waals surface area (Å²) in [7, 11) is 0. The number of hydrogen-bond donors (Lipinski definition) is 3. The van der Waals surface area contributed by atoms with Gasteiger partial charge in [-0.3, -0.25) is 14.4 Å². The molecule has 0 fully saturated rings. The van der Waals surface area contributed by atoms with Crippen molar-refractivity contribution in [2.24, 2.45) is 0 Å². The number of nitriles is 1. The number of hydrogen-bond acceptors (Lipinski definition) is 7. The van der Waals surface area contributed by atoms with Gasteiger partial charge in [-0.1, -0.05) is 79.2 Å². The zero-order valence-corrected chi connectivity index (χ0v) is 29.5. The molecule has 1 atom stereocenters. The number of thioether (sulfide) groups is 1. The van der Waals surface area contributed by atoms with Crippen LogP contribution in [0.3, 0.4) is 0 Å². The monoisotopic (exact) mass is 700 g/mol. The highest BCUT2D eigenvalue weighted by Gasteiger charge is 2.22. The third-order valence-electron chi connectivity index (χ3n) is 7.58. The van der Waals surface area contributed by atoms with Crippen LogP contribution in [0.4, 0.5) is 10.7 Å². The summed E-state index contributed by atoms with van der Waals surface area (Å²) < 4.78 is 5.74. The van der Waals surface area contributed by atoms with E-state index in [2.05, 4.69) is 22.0 Å². The molecule has 3 amide bonds. The first kappa shape index (κ1) is 35.7. The second kappa shape index (κ2) is 17.2. The molecule has 0 spiro atoms. The van der Waals surface area contributed by atoms with Gasteiger partial charge in [0.05, 0.1) is 17.4 Å². The first-order valence-corrected chi connectivity index (χ1v) is 17.8. The van der Waals surface area contributed by atoms with Crippen LogP contribution in [-0.2, 0) is 9.59 Å². The molecule has 5 rings (SSSR count). The van der Waals surface area contributed by atoms with Crippen molar-refractivity contribution in [3.8, 4) is 22.9 Å². The quantitative estimate of drug-likeness (QED) is 0.0834. The molecule has 50 heavy (non-hydrogen) atoms. The third-order valence-corrected chi connectivity index (χ3v) is 9.84. The maximum atomic E-state index is 13.7. The largest absolute Gasteiger partial charge is 0.493 e. The molecule has 252 valence electrons. The van der Waals surface area contributed by atoms with Crippen molar-refractivity contribution in [3.63, 3.8) is 0 Å². The number of amides is 3. The Morgan fingerprint density at radius 3 is 2.38 bits per heavy atom. The molecule has 0 aliphatic carbocycles. The van der Waals surface area contributed by atoms with E-state index in [0.717, 1.165) is 21.6 Å². The Bertz CT molecular complexity index is 2050. The minimum absolute atomic E-state index is 0.0316. The van der Waals surface area contributed by atoms with E-state index < -0.39 is 17.1 Å². The normalized spacial score (nSPS) is 11.6. The summed E-state index contributed by atoms with van der Waals surface area (Å²) in [5.41, 5.74) is 4.81. The molecule has 0 aliphatic rings. The molecular formula is C40H36N4O4S2. The van der Waals surface area contributed by atoms with Crippen LogP contribution >= 0.6 is 23.1 Å². The molecule has 4 aromatic carbocycles. The second-order valence-corrected chi connectivity index (χ2v) is 13.3. The first-order valence-electron chi connectivity index (χ1n) is 16.1. The van der Waals surface area contributed by atoms with Gasteiger partial charge < -0.3 is 20.7 Å². The molecule has 0 saturated heterocycles. The average Bonchev–Trinajstić information content (AvgIpc) is 3.54. The number of para-hydroxylation sites is 1. The van der Waals surface area contributed by atoms with E-state index in [4.69, 9.17) is 4.74 Å². The van der Waals surface area contributed by atoms with Crippen molar-refractivity contribution in [1.82, 2.24) is 5.32 Å². The van der Waals surface area contributed by atoms with E-state index in [1.807, 2.05) is 74.7 Å². The maximum absolute atomic E-state index is 13.7. The van der Waals surface area contributed by atoms with Crippen molar-refractivity contribution in [2.45, 2.75) is 37.3 Å². The Labute approximate surface area is 300 Å². The van der Waals surface area contributed by atoms with Crippen molar-refractivity contribution in [1.29, 1.82) is 5.26 Å². The Balaban J connectivity index is 1.32. The van der Waals surface area contributed by atoms with Crippen molar-refractivity contribution in [2.75, 3.05) is 17.2 Å². The number of aryl methyl sites for hydroxylation is 1. The van der Waals surface area contributed by atoms with Gasteiger partial charge in [-0.15, -0.1) is 23.1 Å². The molecule has 0 bridgehead atoms. The number of ether oxygens (including phenoxy) is 1. The lowest BCUT2D eigenvalue weighted by Gasteiger charge is -2.16. The van der Waals surface area contributed by atoms with E-state index >= 15 is 0 Å². The molecule has 1 aromatic heterocycles. The Hall–Kier alpha value is -5.63. The maximum Gasteiger partial charge on any atom is 0.272 e. The van der Waals surface area contributed by atoms with Gasteiger partial charge in [0.1, 0.15) is 22.5 Å². The van der Waals surface area contributed by atoms with Crippen LogP contribution in [-0.4, -0.2) is 29.6 Å². The number of nitrogens with zero attached hydrogens (tertiary/aromatic N) is 1. The van der Waals surface area contributed by atoms with Crippen molar-refractivity contribution < 1.29 is 19.1 Å². The highest BCUT2D eigenvalue weighted by molar-refractivity contribution is 8.00. The smallest absolute Gasteiger partial charge is 0.272 e. The summed E-state index contributed by atoms with van der Waals surface area (Å²) in [5, 5.41) is 20.5. The highest BCUT2D eigenvalue weighted by Crippen LogP contribution is 2.36. The molecule has 0 radical (unpaired) electrons. The molecular weight excluding hydrogens is 665 g/mol. The van der Waals surface area contributed by atoms with Crippen LogP contribution in [0.1, 0.15) is 47.3 Å². The third kappa shape index (κ3) is 9.08. The molecule has 0 aliphatic heterocycles. The summed E-state index contributed by atoms with van der Waals surface area (Å²) in [6, 6.07) is 33.3. The molecule has 1 heterocycles. The van der Waals surface area contributed by atoms with Gasteiger partial charge in [-0.05, 0) is 68.3 Å². The van der Waals surface area contributed by atoms with Crippen LogP contribution in [0.25, 0.3) is 17.2 Å². The van der Waals surface area contributed by atoms with Crippen molar-refractivity contribution in [3.05, 3.63) is 136 Å². The van der Waals surface area contributed by atoms with Gasteiger partial charge in [0, 0.05) is 32.7 Å². The lowest BCUT2D eigenvalue weighted by atomic mass is 10.0. The van der Waals surface area contributed by atoms with E-state index in [1.54, 1.807) is 60.7 Å². The molecule has 3 N–H and O–H groups in total. The van der Waals surface area contributed by atoms with Gasteiger partial charge in [-0.2, -0.15) is 5.26 Å². The molecule has 0 saturated carbocycles. The minimum atomic E-state index is -0.529. The number of carbonyl (C=O) groups is 3. The van der Waals surface area contributed by atoms with Crippen LogP contribution in [0.15, 0.2) is 119 Å². The summed E-state index contributed by atoms with van der Waals surface area (Å²) in [4.78, 5) is 41.1. The molecule has 1 unspecified atom stereocenters. The topological polar surface area (TPSA) is 120 Å². The molecule has 10 heteroatoms. The lowest BCUT2D eigenvalue weighted by molar-refractivity contribution is -0.116. The zero-order valence-electron chi connectivity index (χ0n) is 27.9. The predicted octanol–water partition coefficient (Wildman–Crippen LogP) is 8.91. The van der Waals surface area contributed by atoms with E-state index in [9.17, 15) is 19.6 Å². The number of thiophene rings is 1. The Morgan fingerprint density at radius 1 is 0.920 bits per heavy atom. The number of rotatable bonds is 13. The van der Waals surface area contributed by atoms with Gasteiger partial charge in [0.15, 0.2) is 0 Å².